The van der Waals surface area contributed by atoms with Gasteiger partial charge >= 0.3 is 6.18 Å². The number of nitrogens with one attached hydrogen (secondary N) is 1. The summed E-state index contributed by atoms with van der Waals surface area (Å²) in [6.07, 6.45) is 2.14. The minimum atomic E-state index is -4.52. The predicted molar refractivity (Wildman–Crippen MR) is 136 cm³/mol. The van der Waals surface area contributed by atoms with Crippen molar-refractivity contribution in [2.75, 3.05) is 5.32 Å². The van der Waals surface area contributed by atoms with Gasteiger partial charge in [0.25, 0.3) is 0 Å². The van der Waals surface area contributed by atoms with Crippen molar-refractivity contribution in [1.82, 2.24) is 0 Å². The highest BCUT2D eigenvalue weighted by atomic mass is 19.4. The summed E-state index contributed by atoms with van der Waals surface area (Å²) in [5.74, 6) is 2.27. The first-order valence-electron chi connectivity index (χ1n) is 13.1. The highest BCUT2D eigenvalue weighted by molar-refractivity contribution is 5.97. The van der Waals surface area contributed by atoms with E-state index in [0.717, 1.165) is 42.5 Å². The fourth-order valence-corrected chi connectivity index (χ4v) is 7.22. The minimum absolute atomic E-state index is 0.0742. The van der Waals surface area contributed by atoms with Crippen LogP contribution in [0.5, 0.6) is 11.5 Å². The van der Waals surface area contributed by atoms with Crippen LogP contribution in [0.15, 0.2) is 72.8 Å². The Morgan fingerprint density at radius 1 is 0.838 bits per heavy atom. The zero-order valence-electron chi connectivity index (χ0n) is 20.6. The van der Waals surface area contributed by atoms with E-state index < -0.39 is 17.2 Å². The van der Waals surface area contributed by atoms with E-state index in [1.54, 1.807) is 6.07 Å². The first-order valence-corrected chi connectivity index (χ1v) is 13.1. The molecule has 0 saturated heterocycles. The molecule has 0 aromatic heterocycles. The van der Waals surface area contributed by atoms with Crippen LogP contribution in [0.25, 0.3) is 0 Å². The van der Waals surface area contributed by atoms with Crippen LogP contribution in [-0.4, -0.2) is 5.91 Å². The van der Waals surface area contributed by atoms with Crippen LogP contribution in [0, 0.1) is 23.2 Å². The van der Waals surface area contributed by atoms with Crippen LogP contribution in [0.4, 0.5) is 18.9 Å². The maximum Gasteiger partial charge on any atom is 0.416 e. The number of alkyl halides is 3. The van der Waals surface area contributed by atoms with Gasteiger partial charge in [-0.05, 0) is 91.7 Å². The molecule has 0 unspecified atom stereocenters. The molecule has 0 radical (unpaired) electrons. The van der Waals surface area contributed by atoms with E-state index in [0.29, 0.717) is 29.9 Å². The summed E-state index contributed by atoms with van der Waals surface area (Å²) in [7, 11) is 0. The topological polar surface area (TPSA) is 38.3 Å². The summed E-state index contributed by atoms with van der Waals surface area (Å²) in [6, 6.07) is 20.8. The van der Waals surface area contributed by atoms with Crippen molar-refractivity contribution < 1.29 is 22.7 Å². The molecule has 4 fully saturated rings. The number of hydrogen-bond donors (Lipinski definition) is 1. The fraction of sp³-hybridized carbons (Fsp3) is 0.387. The van der Waals surface area contributed by atoms with Crippen LogP contribution in [0.1, 0.15) is 55.2 Å². The molecular formula is C31H30F3NO2. The van der Waals surface area contributed by atoms with E-state index in [9.17, 15) is 18.0 Å². The third-order valence-corrected chi connectivity index (χ3v) is 8.50. The average molecular weight is 506 g/mol. The quantitative estimate of drug-likeness (QED) is 0.366. The molecule has 37 heavy (non-hydrogen) atoms. The maximum absolute atomic E-state index is 13.7. The van der Waals surface area contributed by atoms with Crippen LogP contribution in [0.3, 0.4) is 0 Å². The minimum Gasteiger partial charge on any atom is -0.455 e. The smallest absolute Gasteiger partial charge is 0.416 e. The van der Waals surface area contributed by atoms with E-state index in [2.05, 4.69) is 5.32 Å². The maximum atomic E-state index is 13.7. The molecule has 192 valence electrons. The molecular weight excluding hydrogens is 475 g/mol. The molecule has 3 aromatic rings. The van der Waals surface area contributed by atoms with Crippen LogP contribution >= 0.6 is 0 Å². The Kier molecular flexibility index (Phi) is 6.01. The van der Waals surface area contributed by atoms with Gasteiger partial charge in [0.1, 0.15) is 5.75 Å². The van der Waals surface area contributed by atoms with Gasteiger partial charge in [-0.25, -0.2) is 0 Å². The third kappa shape index (κ3) is 4.86. The lowest BCUT2D eigenvalue weighted by molar-refractivity contribution is -0.140. The Balaban J connectivity index is 1.31. The summed E-state index contributed by atoms with van der Waals surface area (Å²) in [5, 5.41) is 2.91. The van der Waals surface area contributed by atoms with Gasteiger partial charge in [-0.2, -0.15) is 13.2 Å². The SMILES string of the molecule is O=C(Nc1cc(C(F)(F)F)ccc1Oc1ccccc1Cc1ccccc1)C12CC3CC(CC(C3)C1)C2. The Bertz CT molecular complexity index is 1270. The molecule has 6 heteroatoms. The second-order valence-corrected chi connectivity index (χ2v) is 11.2. The Hall–Kier alpha value is -3.28. The van der Waals surface area contributed by atoms with E-state index in [4.69, 9.17) is 4.74 Å². The van der Waals surface area contributed by atoms with Crippen molar-refractivity contribution in [3.8, 4) is 11.5 Å². The fourth-order valence-electron chi connectivity index (χ4n) is 7.22. The van der Waals surface area contributed by atoms with Crippen molar-refractivity contribution in [3.05, 3.63) is 89.5 Å². The molecule has 4 aliphatic rings. The zero-order chi connectivity index (χ0) is 25.6. The first-order chi connectivity index (χ1) is 17.8. The number of halogens is 3. The highest BCUT2D eigenvalue weighted by Crippen LogP contribution is 2.60. The first kappa shape index (κ1) is 24.1. The largest absolute Gasteiger partial charge is 0.455 e. The summed E-state index contributed by atoms with van der Waals surface area (Å²) >= 11 is 0. The Morgan fingerprint density at radius 2 is 1.46 bits per heavy atom. The highest BCUT2D eigenvalue weighted by Gasteiger charge is 2.54. The monoisotopic (exact) mass is 505 g/mol. The van der Waals surface area contributed by atoms with Crippen LogP contribution in [0.2, 0.25) is 0 Å². The van der Waals surface area contributed by atoms with Crippen molar-refractivity contribution >= 4 is 11.6 Å². The van der Waals surface area contributed by atoms with Gasteiger partial charge in [0.15, 0.2) is 5.75 Å². The van der Waals surface area contributed by atoms with Gasteiger partial charge < -0.3 is 10.1 Å². The Morgan fingerprint density at radius 3 is 2.11 bits per heavy atom. The van der Waals surface area contributed by atoms with E-state index in [1.165, 1.54) is 25.3 Å². The number of rotatable bonds is 6. The lowest BCUT2D eigenvalue weighted by Crippen LogP contribution is -2.51. The molecule has 0 spiro atoms. The normalized spacial score (nSPS) is 26.2. The molecule has 4 bridgehead atoms. The Labute approximate surface area is 215 Å². The molecule has 7 rings (SSSR count). The number of anilines is 1. The molecule has 0 heterocycles. The summed E-state index contributed by atoms with van der Waals surface area (Å²) in [4.78, 5) is 13.7. The lowest BCUT2D eigenvalue weighted by atomic mass is 9.49. The second-order valence-electron chi connectivity index (χ2n) is 11.2. The molecule has 4 aliphatic carbocycles. The number of benzene rings is 3. The number of ether oxygens (including phenoxy) is 1. The van der Waals surface area contributed by atoms with E-state index in [-0.39, 0.29) is 17.3 Å². The number of amides is 1. The second kappa shape index (κ2) is 9.23. The lowest BCUT2D eigenvalue weighted by Gasteiger charge is -2.55. The molecule has 0 aliphatic heterocycles. The van der Waals surface area contributed by atoms with E-state index in [1.807, 2.05) is 48.5 Å². The molecule has 4 saturated carbocycles. The number of carbonyl (C=O) groups is 1. The molecule has 0 atom stereocenters. The molecule has 3 aromatic carbocycles. The van der Waals surface area contributed by atoms with Gasteiger partial charge in [0.05, 0.1) is 16.7 Å². The standard InChI is InChI=1S/C31H30F3NO2/c32-31(33,34)25-10-11-28(37-27-9-5-4-8-24(27)15-20-6-2-1-3-7-20)26(16-25)35-29(36)30-17-21-12-22(18-30)14-23(13-21)19-30/h1-11,16,21-23H,12-15,17-19H2,(H,35,36). The van der Waals surface area contributed by atoms with Crippen molar-refractivity contribution in [2.24, 2.45) is 23.2 Å². The molecule has 1 N–H and O–H groups in total. The predicted octanol–water partition coefficient (Wildman–Crippen LogP) is 8.24. The van der Waals surface area contributed by atoms with Gasteiger partial charge in [0.2, 0.25) is 5.91 Å². The zero-order valence-corrected chi connectivity index (χ0v) is 20.6. The summed E-state index contributed by atoms with van der Waals surface area (Å²) < 4.78 is 47.1. The van der Waals surface area contributed by atoms with Crippen LogP contribution < -0.4 is 10.1 Å². The molecule has 3 nitrogen and oxygen atoms in total. The summed E-state index contributed by atoms with van der Waals surface area (Å²) in [6.45, 7) is 0. The average Bonchev–Trinajstić information content (AvgIpc) is 2.85. The molecule has 1 amide bonds. The van der Waals surface area contributed by atoms with Crippen molar-refractivity contribution in [3.63, 3.8) is 0 Å². The summed E-state index contributed by atoms with van der Waals surface area (Å²) in [5.41, 5.74) is 0.794. The number of hydrogen-bond acceptors (Lipinski definition) is 2. The van der Waals surface area contributed by atoms with Crippen LogP contribution in [-0.2, 0) is 17.4 Å². The van der Waals surface area contributed by atoms with Gasteiger partial charge in [-0.15, -0.1) is 0 Å². The van der Waals surface area contributed by atoms with Gasteiger partial charge in [-0.1, -0.05) is 48.5 Å². The number of para-hydroxylation sites is 1. The number of carbonyl (C=O) groups excluding carboxylic acids is 1. The van der Waals surface area contributed by atoms with Crippen molar-refractivity contribution in [2.45, 2.75) is 51.1 Å². The van der Waals surface area contributed by atoms with Gasteiger partial charge in [-0.3, -0.25) is 4.79 Å². The van der Waals surface area contributed by atoms with Crippen molar-refractivity contribution in [1.29, 1.82) is 0 Å². The van der Waals surface area contributed by atoms with E-state index >= 15 is 0 Å². The van der Waals surface area contributed by atoms with Gasteiger partial charge in [0, 0.05) is 6.42 Å². The third-order valence-electron chi connectivity index (χ3n) is 8.50.